The van der Waals surface area contributed by atoms with Crippen molar-refractivity contribution in [1.82, 2.24) is 15.1 Å². The van der Waals surface area contributed by atoms with Crippen LogP contribution in [0.2, 0.25) is 0 Å². The topological polar surface area (TPSA) is 56.1 Å². The second-order valence-corrected chi connectivity index (χ2v) is 4.28. The lowest BCUT2D eigenvalue weighted by Gasteiger charge is -2.08. The summed E-state index contributed by atoms with van der Waals surface area (Å²) >= 11 is 0. The third kappa shape index (κ3) is 4.87. The van der Waals surface area contributed by atoms with E-state index in [4.69, 9.17) is 4.74 Å². The van der Waals surface area contributed by atoms with Gasteiger partial charge in [-0.05, 0) is 26.3 Å². The number of carbonyl (C=O) groups excluding carboxylic acids is 1. The Bertz CT molecular complexity index is 363. The average Bonchev–Trinajstić information content (AvgIpc) is 2.83. The Morgan fingerprint density at radius 2 is 2.33 bits per heavy atom. The highest BCUT2D eigenvalue weighted by atomic mass is 16.5. The number of hydrogen-bond acceptors (Lipinski definition) is 4. The van der Waals surface area contributed by atoms with Gasteiger partial charge in [-0.25, -0.2) is 0 Å². The van der Waals surface area contributed by atoms with Crippen molar-refractivity contribution in [3.63, 3.8) is 0 Å². The van der Waals surface area contributed by atoms with Gasteiger partial charge in [0.25, 0.3) is 0 Å². The summed E-state index contributed by atoms with van der Waals surface area (Å²) in [4.78, 5) is 11.1. The molecule has 1 N–H and O–H groups in total. The number of esters is 1. The number of carbonyl (C=O) groups is 1. The quantitative estimate of drug-likeness (QED) is 0.568. The molecule has 1 rings (SSSR count). The number of nitrogens with one attached hydrogen (secondary N) is 1. The fourth-order valence-electron chi connectivity index (χ4n) is 1.54. The van der Waals surface area contributed by atoms with E-state index in [1.165, 1.54) is 0 Å². The monoisotopic (exact) mass is 253 g/mol. The summed E-state index contributed by atoms with van der Waals surface area (Å²) in [5.41, 5.74) is 0.999. The van der Waals surface area contributed by atoms with Gasteiger partial charge in [0.2, 0.25) is 0 Å². The molecule has 1 heterocycles. The number of ether oxygens (including phenoxy) is 1. The predicted octanol–water partition coefficient (Wildman–Crippen LogP) is 1.90. The fourth-order valence-corrected chi connectivity index (χ4v) is 1.54. The number of aromatic nitrogens is 2. The molecule has 0 amide bonds. The first-order valence-corrected chi connectivity index (χ1v) is 6.57. The smallest absolute Gasteiger partial charge is 0.307 e. The first-order valence-electron chi connectivity index (χ1n) is 6.57. The molecule has 1 aromatic rings. The minimum atomic E-state index is -0.157. The summed E-state index contributed by atoms with van der Waals surface area (Å²) in [6, 6.07) is 2.43. The Kier molecular flexibility index (Phi) is 6.43. The molecule has 0 radical (unpaired) electrons. The van der Waals surface area contributed by atoms with Crippen molar-refractivity contribution < 1.29 is 9.53 Å². The van der Waals surface area contributed by atoms with Gasteiger partial charge in [-0.3, -0.25) is 9.48 Å². The molecule has 0 spiro atoms. The van der Waals surface area contributed by atoms with Crippen molar-refractivity contribution in [2.45, 2.75) is 46.2 Å². The maximum absolute atomic E-state index is 11.1. The second-order valence-electron chi connectivity index (χ2n) is 4.28. The van der Waals surface area contributed by atoms with E-state index in [9.17, 15) is 4.79 Å². The summed E-state index contributed by atoms with van der Waals surface area (Å²) in [6.07, 6.45) is 3.47. The van der Waals surface area contributed by atoms with Gasteiger partial charge in [-0.15, -0.1) is 0 Å². The van der Waals surface area contributed by atoms with Crippen LogP contribution in [0.3, 0.4) is 0 Å². The Balaban J connectivity index is 2.23. The highest BCUT2D eigenvalue weighted by Gasteiger charge is 2.05. The van der Waals surface area contributed by atoms with Crippen molar-refractivity contribution in [2.75, 3.05) is 13.2 Å². The van der Waals surface area contributed by atoms with E-state index in [0.29, 0.717) is 32.2 Å². The molecule has 5 nitrogen and oxygen atoms in total. The zero-order chi connectivity index (χ0) is 13.4. The van der Waals surface area contributed by atoms with E-state index >= 15 is 0 Å². The molecule has 0 aliphatic heterocycles. The van der Waals surface area contributed by atoms with Crippen LogP contribution in [-0.2, 0) is 16.1 Å². The zero-order valence-electron chi connectivity index (χ0n) is 11.5. The zero-order valence-corrected chi connectivity index (χ0v) is 11.5. The maximum Gasteiger partial charge on any atom is 0.307 e. The molecule has 0 fully saturated rings. The molecule has 0 saturated heterocycles. The van der Waals surface area contributed by atoms with Gasteiger partial charge in [-0.1, -0.05) is 6.92 Å². The number of rotatable bonds is 8. The van der Waals surface area contributed by atoms with Crippen LogP contribution in [0.4, 0.5) is 0 Å². The third-order valence-corrected chi connectivity index (χ3v) is 2.82. The molecule has 18 heavy (non-hydrogen) atoms. The van der Waals surface area contributed by atoms with E-state index in [2.05, 4.69) is 24.3 Å². The highest BCUT2D eigenvalue weighted by molar-refractivity contribution is 5.69. The summed E-state index contributed by atoms with van der Waals surface area (Å²) < 4.78 is 6.82. The van der Waals surface area contributed by atoms with Crippen LogP contribution in [0.5, 0.6) is 0 Å². The first kappa shape index (κ1) is 14.7. The Morgan fingerprint density at radius 3 is 3.00 bits per heavy atom. The lowest BCUT2D eigenvalue weighted by atomic mass is 10.3. The minimum Gasteiger partial charge on any atom is -0.466 e. The molecular formula is C13H23N3O2. The standard InChI is InChI=1S/C13H23N3O2/c1-4-11(3)16-9-7-12(15-16)10-14-8-6-13(17)18-5-2/h7,9,11,14H,4-6,8,10H2,1-3H3. The minimum absolute atomic E-state index is 0.157. The molecule has 5 heteroatoms. The van der Waals surface area contributed by atoms with Gasteiger partial charge in [0.05, 0.1) is 18.7 Å². The lowest BCUT2D eigenvalue weighted by molar-refractivity contribution is -0.142. The van der Waals surface area contributed by atoms with Crippen LogP contribution in [0.1, 0.15) is 45.3 Å². The Hall–Kier alpha value is -1.36. The molecule has 0 aliphatic rings. The van der Waals surface area contributed by atoms with Gasteiger partial charge < -0.3 is 10.1 Å². The fraction of sp³-hybridized carbons (Fsp3) is 0.692. The van der Waals surface area contributed by atoms with Crippen LogP contribution in [0.15, 0.2) is 12.3 Å². The second kappa shape index (κ2) is 7.87. The van der Waals surface area contributed by atoms with Crippen LogP contribution in [0.25, 0.3) is 0 Å². The van der Waals surface area contributed by atoms with Gasteiger partial charge in [0, 0.05) is 25.3 Å². The Morgan fingerprint density at radius 1 is 1.56 bits per heavy atom. The van der Waals surface area contributed by atoms with Gasteiger partial charge in [-0.2, -0.15) is 5.10 Å². The average molecular weight is 253 g/mol. The van der Waals surface area contributed by atoms with Gasteiger partial charge in [0.15, 0.2) is 0 Å². The van der Waals surface area contributed by atoms with Crippen molar-refractivity contribution in [3.05, 3.63) is 18.0 Å². The third-order valence-electron chi connectivity index (χ3n) is 2.82. The summed E-state index contributed by atoms with van der Waals surface area (Å²) in [7, 11) is 0. The van der Waals surface area contributed by atoms with E-state index in [1.807, 2.05) is 23.9 Å². The molecule has 1 unspecified atom stereocenters. The largest absolute Gasteiger partial charge is 0.466 e. The van der Waals surface area contributed by atoms with E-state index < -0.39 is 0 Å². The first-order chi connectivity index (χ1) is 8.67. The molecular weight excluding hydrogens is 230 g/mol. The van der Waals surface area contributed by atoms with Crippen molar-refractivity contribution >= 4 is 5.97 Å². The van der Waals surface area contributed by atoms with Crippen LogP contribution in [0, 0.1) is 0 Å². The summed E-state index contributed by atoms with van der Waals surface area (Å²) in [5.74, 6) is -0.157. The summed E-state index contributed by atoms with van der Waals surface area (Å²) in [5, 5.41) is 7.66. The normalized spacial score (nSPS) is 12.4. The van der Waals surface area contributed by atoms with E-state index in [0.717, 1.165) is 12.1 Å². The molecule has 1 aromatic heterocycles. The van der Waals surface area contributed by atoms with Crippen molar-refractivity contribution in [3.8, 4) is 0 Å². The van der Waals surface area contributed by atoms with Crippen LogP contribution >= 0.6 is 0 Å². The molecule has 0 saturated carbocycles. The van der Waals surface area contributed by atoms with Crippen molar-refractivity contribution in [2.24, 2.45) is 0 Å². The molecule has 0 bridgehead atoms. The lowest BCUT2D eigenvalue weighted by Crippen LogP contribution is -2.19. The van der Waals surface area contributed by atoms with Crippen LogP contribution in [-0.4, -0.2) is 28.9 Å². The van der Waals surface area contributed by atoms with E-state index in [-0.39, 0.29) is 5.97 Å². The number of hydrogen-bond donors (Lipinski definition) is 1. The molecule has 1 atom stereocenters. The Labute approximate surface area is 109 Å². The molecule has 102 valence electrons. The highest BCUT2D eigenvalue weighted by Crippen LogP contribution is 2.08. The van der Waals surface area contributed by atoms with Gasteiger partial charge >= 0.3 is 5.97 Å². The SMILES string of the molecule is CCOC(=O)CCNCc1ccn(C(C)CC)n1. The summed E-state index contributed by atoms with van der Waals surface area (Å²) in [6.45, 7) is 7.84. The molecule has 0 aromatic carbocycles. The number of nitrogens with zero attached hydrogens (tertiary/aromatic N) is 2. The van der Waals surface area contributed by atoms with E-state index in [1.54, 1.807) is 0 Å². The molecule has 0 aliphatic carbocycles. The van der Waals surface area contributed by atoms with Crippen LogP contribution < -0.4 is 5.32 Å². The van der Waals surface area contributed by atoms with Crippen molar-refractivity contribution in [1.29, 1.82) is 0 Å². The predicted molar refractivity (Wildman–Crippen MR) is 70.2 cm³/mol. The maximum atomic E-state index is 11.1. The van der Waals surface area contributed by atoms with Gasteiger partial charge in [0.1, 0.15) is 0 Å².